The van der Waals surface area contributed by atoms with Gasteiger partial charge in [-0.2, -0.15) is 0 Å². The summed E-state index contributed by atoms with van der Waals surface area (Å²) in [5.41, 5.74) is 2.12. The van der Waals surface area contributed by atoms with Crippen molar-refractivity contribution >= 4 is 9.84 Å². The fraction of sp³-hybridized carbons (Fsp3) is 0.385. The molecule has 0 unspecified atom stereocenters. The minimum Gasteiger partial charge on any atom is -0.312 e. The average molecular weight is 251 g/mol. The first-order valence-electron chi connectivity index (χ1n) is 5.41. The molecule has 0 saturated carbocycles. The Kier molecular flexibility index (Phi) is 5.20. The van der Waals surface area contributed by atoms with E-state index in [1.807, 2.05) is 24.3 Å². The lowest BCUT2D eigenvalue weighted by Crippen LogP contribution is -2.21. The molecule has 0 fully saturated rings. The third-order valence-corrected chi connectivity index (χ3v) is 3.15. The fourth-order valence-corrected chi connectivity index (χ4v) is 1.86. The van der Waals surface area contributed by atoms with E-state index < -0.39 is 9.84 Å². The van der Waals surface area contributed by atoms with Gasteiger partial charge in [0, 0.05) is 24.9 Å². The number of hydrogen-bond acceptors (Lipinski definition) is 3. The Labute approximate surface area is 103 Å². The summed E-state index contributed by atoms with van der Waals surface area (Å²) in [7, 11) is -2.87. The molecule has 0 bridgehead atoms. The van der Waals surface area contributed by atoms with Crippen molar-refractivity contribution in [2.75, 3.05) is 18.6 Å². The molecule has 0 atom stereocenters. The third-order valence-electron chi connectivity index (χ3n) is 2.20. The molecular weight excluding hydrogens is 234 g/mol. The second-order valence-electron chi connectivity index (χ2n) is 3.88. The van der Waals surface area contributed by atoms with Crippen molar-refractivity contribution in [2.45, 2.75) is 13.5 Å². The Hall–Kier alpha value is -1.31. The fourth-order valence-electron chi connectivity index (χ4n) is 1.34. The van der Waals surface area contributed by atoms with E-state index in [0.29, 0.717) is 13.1 Å². The van der Waals surface area contributed by atoms with E-state index >= 15 is 0 Å². The van der Waals surface area contributed by atoms with Crippen molar-refractivity contribution < 1.29 is 8.42 Å². The number of rotatable bonds is 5. The van der Waals surface area contributed by atoms with Crippen molar-refractivity contribution in [1.29, 1.82) is 0 Å². The lowest BCUT2D eigenvalue weighted by molar-refractivity contribution is 0.596. The van der Waals surface area contributed by atoms with E-state index in [2.05, 4.69) is 17.2 Å². The zero-order valence-corrected chi connectivity index (χ0v) is 11.0. The van der Waals surface area contributed by atoms with Crippen LogP contribution in [0.2, 0.25) is 0 Å². The van der Waals surface area contributed by atoms with Crippen LogP contribution in [0.3, 0.4) is 0 Å². The van der Waals surface area contributed by atoms with Gasteiger partial charge in [-0.05, 0) is 24.6 Å². The molecule has 92 valence electrons. The van der Waals surface area contributed by atoms with Crippen LogP contribution in [-0.4, -0.2) is 27.0 Å². The molecule has 0 aliphatic rings. The first-order valence-corrected chi connectivity index (χ1v) is 7.47. The van der Waals surface area contributed by atoms with Crippen LogP contribution in [0.15, 0.2) is 24.3 Å². The van der Waals surface area contributed by atoms with Crippen molar-refractivity contribution in [3.8, 4) is 11.8 Å². The molecule has 1 aromatic rings. The molecule has 0 heterocycles. The molecule has 1 N–H and O–H groups in total. The average Bonchev–Trinajstić information content (AvgIpc) is 2.26. The van der Waals surface area contributed by atoms with Gasteiger partial charge in [-0.25, -0.2) is 8.42 Å². The van der Waals surface area contributed by atoms with Crippen molar-refractivity contribution in [3.63, 3.8) is 0 Å². The summed E-state index contributed by atoms with van der Waals surface area (Å²) in [4.78, 5) is 0. The highest BCUT2D eigenvalue weighted by molar-refractivity contribution is 7.90. The maximum atomic E-state index is 10.9. The lowest BCUT2D eigenvalue weighted by atomic mass is 10.1. The van der Waals surface area contributed by atoms with Crippen LogP contribution >= 0.6 is 0 Å². The number of hydrogen-bond donors (Lipinski definition) is 1. The molecule has 0 amide bonds. The minimum atomic E-state index is -2.87. The van der Waals surface area contributed by atoms with Gasteiger partial charge in [0.1, 0.15) is 9.84 Å². The van der Waals surface area contributed by atoms with Crippen LogP contribution in [0.4, 0.5) is 0 Å². The van der Waals surface area contributed by atoms with Gasteiger partial charge in [0.2, 0.25) is 0 Å². The van der Waals surface area contributed by atoms with Crippen LogP contribution in [0.5, 0.6) is 0 Å². The summed E-state index contributed by atoms with van der Waals surface area (Å²) in [6.45, 7) is 2.96. The molecular formula is C13H17NO2S. The summed E-state index contributed by atoms with van der Waals surface area (Å²) in [5, 5.41) is 3.09. The first kappa shape index (κ1) is 13.8. The van der Waals surface area contributed by atoms with Gasteiger partial charge in [0.15, 0.2) is 0 Å². The SMILES string of the molecule is CC#Cc1ccc(CNCCS(C)(=O)=O)cc1. The molecule has 4 heteroatoms. The molecule has 0 aromatic heterocycles. The lowest BCUT2D eigenvalue weighted by Gasteiger charge is -2.04. The van der Waals surface area contributed by atoms with Crippen LogP contribution in [-0.2, 0) is 16.4 Å². The second kappa shape index (κ2) is 6.43. The monoisotopic (exact) mass is 251 g/mol. The standard InChI is InChI=1S/C13H17NO2S/c1-3-4-12-5-7-13(8-6-12)11-14-9-10-17(2,15)16/h5-8,14H,9-11H2,1-2H3. The normalized spacial score (nSPS) is 10.7. The number of sulfone groups is 1. The van der Waals surface area contributed by atoms with Crippen molar-refractivity contribution in [2.24, 2.45) is 0 Å². The Morgan fingerprint density at radius 2 is 1.88 bits per heavy atom. The molecule has 0 saturated heterocycles. The highest BCUT2D eigenvalue weighted by Gasteiger charge is 2.00. The summed E-state index contributed by atoms with van der Waals surface area (Å²) >= 11 is 0. The Morgan fingerprint density at radius 3 is 2.41 bits per heavy atom. The van der Waals surface area contributed by atoms with E-state index in [0.717, 1.165) is 11.1 Å². The largest absolute Gasteiger partial charge is 0.312 e. The van der Waals surface area contributed by atoms with E-state index in [1.54, 1.807) is 6.92 Å². The molecule has 0 aliphatic carbocycles. The Morgan fingerprint density at radius 1 is 1.24 bits per heavy atom. The third kappa shape index (κ3) is 6.10. The van der Waals surface area contributed by atoms with Gasteiger partial charge in [0.05, 0.1) is 5.75 Å². The molecule has 1 aromatic carbocycles. The predicted molar refractivity (Wildman–Crippen MR) is 70.4 cm³/mol. The Bertz CT molecular complexity index is 507. The molecule has 0 spiro atoms. The van der Waals surface area contributed by atoms with Crippen molar-refractivity contribution in [1.82, 2.24) is 5.32 Å². The van der Waals surface area contributed by atoms with Crippen LogP contribution in [0.1, 0.15) is 18.1 Å². The van der Waals surface area contributed by atoms with E-state index in [-0.39, 0.29) is 5.75 Å². The molecule has 3 nitrogen and oxygen atoms in total. The molecule has 0 radical (unpaired) electrons. The number of benzene rings is 1. The second-order valence-corrected chi connectivity index (χ2v) is 6.14. The molecule has 0 aliphatic heterocycles. The summed E-state index contributed by atoms with van der Waals surface area (Å²) in [5.74, 6) is 5.99. The highest BCUT2D eigenvalue weighted by Crippen LogP contribution is 2.02. The van der Waals surface area contributed by atoms with Gasteiger partial charge in [-0.15, -0.1) is 5.92 Å². The van der Waals surface area contributed by atoms with Crippen LogP contribution in [0.25, 0.3) is 0 Å². The zero-order chi connectivity index (χ0) is 12.7. The van der Waals surface area contributed by atoms with Gasteiger partial charge in [0.25, 0.3) is 0 Å². The van der Waals surface area contributed by atoms with E-state index in [4.69, 9.17) is 0 Å². The predicted octanol–water partition coefficient (Wildman–Crippen LogP) is 1.19. The summed E-state index contributed by atoms with van der Waals surface area (Å²) in [6.07, 6.45) is 1.24. The molecule has 1 rings (SSSR count). The maximum Gasteiger partial charge on any atom is 0.148 e. The molecule has 17 heavy (non-hydrogen) atoms. The maximum absolute atomic E-state index is 10.9. The minimum absolute atomic E-state index is 0.173. The van der Waals surface area contributed by atoms with Crippen molar-refractivity contribution in [3.05, 3.63) is 35.4 Å². The number of nitrogens with one attached hydrogen (secondary N) is 1. The van der Waals surface area contributed by atoms with E-state index in [1.165, 1.54) is 6.26 Å². The van der Waals surface area contributed by atoms with Crippen LogP contribution in [0, 0.1) is 11.8 Å². The van der Waals surface area contributed by atoms with Gasteiger partial charge < -0.3 is 5.32 Å². The Balaban J connectivity index is 2.39. The van der Waals surface area contributed by atoms with Gasteiger partial charge in [-0.3, -0.25) is 0 Å². The summed E-state index contributed by atoms with van der Waals surface area (Å²) < 4.78 is 21.8. The van der Waals surface area contributed by atoms with Gasteiger partial charge in [-0.1, -0.05) is 18.1 Å². The van der Waals surface area contributed by atoms with Crippen LogP contribution < -0.4 is 5.32 Å². The zero-order valence-electron chi connectivity index (χ0n) is 10.2. The smallest absolute Gasteiger partial charge is 0.148 e. The summed E-state index contributed by atoms with van der Waals surface area (Å²) in [6, 6.07) is 7.91. The highest BCUT2D eigenvalue weighted by atomic mass is 32.2. The topological polar surface area (TPSA) is 46.2 Å². The van der Waals surface area contributed by atoms with Gasteiger partial charge >= 0.3 is 0 Å². The van der Waals surface area contributed by atoms with E-state index in [9.17, 15) is 8.42 Å². The first-order chi connectivity index (χ1) is 8.01. The quantitative estimate of drug-likeness (QED) is 0.631.